The monoisotopic (exact) mass is 840 g/mol. The van der Waals surface area contributed by atoms with Crippen molar-refractivity contribution in [3.05, 3.63) is 29.8 Å². The average molecular weight is 840 g/mol. The molecule has 6 aliphatic rings. The fraction of sp³-hybridized carbons (Fsp3) is 0.837. The number of piperidine rings is 1. The van der Waals surface area contributed by atoms with E-state index in [-0.39, 0.29) is 47.4 Å². The van der Waals surface area contributed by atoms with Crippen LogP contribution in [0, 0.1) is 34.5 Å². The number of benzene rings is 1. The van der Waals surface area contributed by atoms with Crippen LogP contribution >= 0.6 is 0 Å². The van der Waals surface area contributed by atoms with E-state index in [4.69, 9.17) is 33.2 Å². The van der Waals surface area contributed by atoms with E-state index in [0.29, 0.717) is 37.2 Å². The van der Waals surface area contributed by atoms with Crippen molar-refractivity contribution >= 4 is 11.9 Å². The van der Waals surface area contributed by atoms with Gasteiger partial charge in [0.15, 0.2) is 0 Å². The van der Waals surface area contributed by atoms with E-state index in [0.717, 1.165) is 45.2 Å². The van der Waals surface area contributed by atoms with Crippen molar-refractivity contribution in [3.8, 4) is 5.75 Å². The number of unbranched alkanes of at least 4 members (excludes halogenated alkanes) is 12. The molecule has 11 nitrogen and oxygen atoms in total. The highest BCUT2D eigenvalue weighted by Gasteiger charge is 2.89. The molecule has 338 valence electrons. The third-order valence-electron chi connectivity index (χ3n) is 16.8. The van der Waals surface area contributed by atoms with Crippen molar-refractivity contribution in [1.29, 1.82) is 0 Å². The molecule has 6 fully saturated rings. The Kier molecular flexibility index (Phi) is 14.7. The first-order chi connectivity index (χ1) is 29.1. The van der Waals surface area contributed by atoms with Gasteiger partial charge in [-0.25, -0.2) is 4.79 Å². The number of rotatable bonds is 24. The largest absolute Gasteiger partial charge is 0.497 e. The van der Waals surface area contributed by atoms with Crippen molar-refractivity contribution in [3.63, 3.8) is 0 Å². The minimum Gasteiger partial charge on any atom is -0.497 e. The maximum Gasteiger partial charge on any atom is 0.338 e. The molecule has 1 aromatic carbocycles. The predicted molar refractivity (Wildman–Crippen MR) is 229 cm³/mol. The summed E-state index contributed by atoms with van der Waals surface area (Å²) in [4.78, 5) is 31.4. The molecule has 13 atom stereocenters. The van der Waals surface area contributed by atoms with Gasteiger partial charge in [0, 0.05) is 82.5 Å². The molecule has 0 amide bonds. The Morgan fingerprint density at radius 3 is 1.98 bits per heavy atom. The van der Waals surface area contributed by atoms with Gasteiger partial charge in [0.1, 0.15) is 23.1 Å². The Balaban J connectivity index is 1.20. The van der Waals surface area contributed by atoms with Crippen LogP contribution in [0.3, 0.4) is 0 Å². The number of ether oxygens (including phenoxy) is 7. The number of nitrogens with zero attached hydrogens (tertiary/aromatic N) is 1. The lowest BCUT2D eigenvalue weighted by atomic mass is 9.43. The van der Waals surface area contributed by atoms with Gasteiger partial charge >= 0.3 is 11.9 Å². The number of carbonyl (C=O) groups is 2. The Bertz CT molecular complexity index is 1590. The molecule has 11 heteroatoms. The molecule has 1 saturated heterocycles. The molecule has 1 aromatic rings. The number of hydrogen-bond acceptors (Lipinski definition) is 11. The van der Waals surface area contributed by atoms with Crippen molar-refractivity contribution in [2.75, 3.05) is 55.2 Å². The quantitative estimate of drug-likeness (QED) is 0.0802. The fourth-order valence-corrected chi connectivity index (χ4v) is 14.7. The number of hydrogen-bond donors (Lipinski definition) is 1. The summed E-state index contributed by atoms with van der Waals surface area (Å²) in [7, 11) is 8.60. The first kappa shape index (κ1) is 45.7. The normalized spacial score (nSPS) is 38.5. The summed E-state index contributed by atoms with van der Waals surface area (Å²) >= 11 is 0. The summed E-state index contributed by atoms with van der Waals surface area (Å²) in [6, 6.07) is 6.77. The first-order valence-electron chi connectivity index (χ1n) is 23.7. The molecule has 1 spiro atoms. The Labute approximate surface area is 360 Å². The molecule has 6 unspecified atom stereocenters. The molecule has 5 saturated carbocycles. The third kappa shape index (κ3) is 7.54. The van der Waals surface area contributed by atoms with Crippen LogP contribution in [0.15, 0.2) is 24.3 Å². The van der Waals surface area contributed by atoms with Crippen LogP contribution in [-0.2, 0) is 33.2 Å². The summed E-state index contributed by atoms with van der Waals surface area (Å²) in [5, 5.41) is 13.1. The van der Waals surface area contributed by atoms with Gasteiger partial charge in [-0.3, -0.25) is 9.69 Å². The van der Waals surface area contributed by atoms with E-state index in [2.05, 4.69) is 18.7 Å². The topological polar surface area (TPSA) is 122 Å². The minimum absolute atomic E-state index is 0.0000281. The lowest BCUT2D eigenvalue weighted by Gasteiger charge is -2.69. The second kappa shape index (κ2) is 19.2. The zero-order valence-electron chi connectivity index (χ0n) is 37.9. The van der Waals surface area contributed by atoms with Crippen molar-refractivity contribution in [2.24, 2.45) is 34.5 Å². The molecular weight excluding hydrogens is 763 g/mol. The molecule has 7 rings (SSSR count). The molecule has 0 radical (unpaired) electrons. The van der Waals surface area contributed by atoms with Crippen molar-refractivity contribution < 1.29 is 47.9 Å². The highest BCUT2D eigenvalue weighted by atomic mass is 16.6. The van der Waals surface area contributed by atoms with Gasteiger partial charge in [0.05, 0.1) is 37.6 Å². The van der Waals surface area contributed by atoms with Crippen LogP contribution in [0.4, 0.5) is 0 Å². The van der Waals surface area contributed by atoms with Crippen molar-refractivity contribution in [2.45, 2.75) is 171 Å². The maximum absolute atomic E-state index is 14.5. The number of fused-ring (bicyclic) bond motifs is 2. The molecule has 1 aliphatic heterocycles. The summed E-state index contributed by atoms with van der Waals surface area (Å²) in [5.74, 6) is -1.19. The van der Waals surface area contributed by atoms with Gasteiger partial charge in [0.2, 0.25) is 0 Å². The second-order valence-corrected chi connectivity index (χ2v) is 19.5. The van der Waals surface area contributed by atoms with Crippen LogP contribution in [0.2, 0.25) is 0 Å². The fourth-order valence-electron chi connectivity index (χ4n) is 14.7. The number of methoxy groups -OCH3 is 5. The number of esters is 2. The van der Waals surface area contributed by atoms with Crippen molar-refractivity contribution in [1.82, 2.24) is 4.90 Å². The Morgan fingerprint density at radius 2 is 1.42 bits per heavy atom. The molecule has 1 N–H and O–H groups in total. The summed E-state index contributed by atoms with van der Waals surface area (Å²) in [6.07, 6.45) is 16.4. The van der Waals surface area contributed by atoms with Crippen LogP contribution in [0.5, 0.6) is 5.75 Å². The van der Waals surface area contributed by atoms with Gasteiger partial charge in [-0.1, -0.05) is 90.9 Å². The van der Waals surface area contributed by atoms with Crippen LogP contribution < -0.4 is 4.74 Å². The smallest absolute Gasteiger partial charge is 0.338 e. The Hall–Kier alpha value is -2.28. The van der Waals surface area contributed by atoms with E-state index < -0.39 is 40.7 Å². The van der Waals surface area contributed by atoms with Crippen LogP contribution in [0.25, 0.3) is 0 Å². The van der Waals surface area contributed by atoms with Crippen LogP contribution in [-0.4, -0.2) is 119 Å². The van der Waals surface area contributed by atoms with Gasteiger partial charge in [0.25, 0.3) is 0 Å². The average Bonchev–Trinajstić information content (AvgIpc) is 3.63. The van der Waals surface area contributed by atoms with E-state index in [1.165, 1.54) is 64.2 Å². The predicted octanol–water partition coefficient (Wildman–Crippen LogP) is 8.18. The lowest BCUT2D eigenvalue weighted by Crippen LogP contribution is -2.77. The second-order valence-electron chi connectivity index (χ2n) is 19.5. The lowest BCUT2D eigenvalue weighted by molar-refractivity contribution is -0.287. The van der Waals surface area contributed by atoms with E-state index in [1.807, 2.05) is 7.11 Å². The SMILES string of the molecule is CCCCCCCCCCCCCCCC(=O)O[C@]12C[C@H](OC)[C@@]3(O)CC(C1C3OC(=O)c1ccc(OC)cc1)[C@@]13C4[C@@H]2C(OC)C1[C@@](COC)(CC[C@@H]3OC)CN4CC. The number of likely N-dealkylation sites (tertiary alicyclic amines) is 1. The molecular formula is C49H77NO10. The molecule has 0 aromatic heterocycles. The summed E-state index contributed by atoms with van der Waals surface area (Å²) < 4.78 is 44.9. The number of carbonyl (C=O) groups excluding carboxylic acids is 2. The zero-order chi connectivity index (χ0) is 42.7. The Morgan fingerprint density at radius 1 is 0.783 bits per heavy atom. The number of aliphatic hydroxyl groups is 1. The molecule has 1 heterocycles. The third-order valence-corrected chi connectivity index (χ3v) is 16.8. The zero-order valence-corrected chi connectivity index (χ0v) is 37.9. The summed E-state index contributed by atoms with van der Waals surface area (Å²) in [6.45, 7) is 6.68. The first-order valence-corrected chi connectivity index (χ1v) is 23.7. The van der Waals surface area contributed by atoms with Gasteiger partial charge in [-0.2, -0.15) is 0 Å². The van der Waals surface area contributed by atoms with E-state index in [1.54, 1.807) is 52.7 Å². The summed E-state index contributed by atoms with van der Waals surface area (Å²) in [5.41, 5.74) is -3.06. The minimum atomic E-state index is -1.52. The highest BCUT2D eigenvalue weighted by Crippen LogP contribution is 2.80. The maximum atomic E-state index is 14.5. The molecule has 5 aliphatic carbocycles. The van der Waals surface area contributed by atoms with Gasteiger partial charge < -0.3 is 38.3 Å². The van der Waals surface area contributed by atoms with E-state index in [9.17, 15) is 14.7 Å². The highest BCUT2D eigenvalue weighted by molar-refractivity contribution is 5.89. The van der Waals surface area contributed by atoms with E-state index >= 15 is 0 Å². The molecule has 60 heavy (non-hydrogen) atoms. The van der Waals surface area contributed by atoms with Gasteiger partial charge in [-0.05, 0) is 62.4 Å². The molecule has 7 bridgehead atoms. The van der Waals surface area contributed by atoms with Gasteiger partial charge in [-0.15, -0.1) is 0 Å². The standard InChI is InChI=1S/C49H77NO10/c1-8-10-11-12-13-14-15-16-17-18-19-20-21-22-38(51)60-48-30-37(57-6)47(53)29-35(39(48)44(47)59-45(52)33-23-25-34(55-4)26-24-33)49-36(56-5)27-28-46(32-54-3)31-50(9-2)43(49)40(48)41(58-7)42(46)49/h23-26,35-37,39-44,53H,8-22,27-32H2,1-7H3/t35?,36-,37-,39?,40-,41?,42?,43?,44?,46-,47-,48+,49-/m0/s1. The van der Waals surface area contributed by atoms with Crippen LogP contribution in [0.1, 0.15) is 140 Å².